The number of benzene rings is 1. The molecule has 0 radical (unpaired) electrons. The van der Waals surface area contributed by atoms with Crippen molar-refractivity contribution in [1.82, 2.24) is 10.3 Å². The highest BCUT2D eigenvalue weighted by atomic mass is 35.5. The third-order valence-corrected chi connectivity index (χ3v) is 5.05. The van der Waals surface area contributed by atoms with E-state index in [4.69, 9.17) is 11.6 Å². The van der Waals surface area contributed by atoms with E-state index in [2.05, 4.69) is 15.6 Å². The van der Waals surface area contributed by atoms with Crippen LogP contribution in [0.5, 0.6) is 0 Å². The van der Waals surface area contributed by atoms with Gasteiger partial charge in [0, 0.05) is 21.9 Å². The van der Waals surface area contributed by atoms with Gasteiger partial charge in [-0.1, -0.05) is 17.7 Å². The molecule has 1 aromatic heterocycles. The van der Waals surface area contributed by atoms with Crippen LogP contribution in [0.2, 0.25) is 5.02 Å². The highest BCUT2D eigenvalue weighted by Crippen LogP contribution is 2.28. The van der Waals surface area contributed by atoms with Crippen LogP contribution in [0.15, 0.2) is 23.6 Å². The highest BCUT2D eigenvalue weighted by molar-refractivity contribution is 7.13. The Hall–Kier alpha value is -1.50. The second-order valence-corrected chi connectivity index (χ2v) is 6.79. The van der Waals surface area contributed by atoms with Gasteiger partial charge in [-0.15, -0.1) is 11.3 Å². The van der Waals surface area contributed by atoms with Gasteiger partial charge in [0.05, 0.1) is 12.1 Å². The van der Waals surface area contributed by atoms with Crippen LogP contribution in [0.25, 0.3) is 0 Å². The lowest BCUT2D eigenvalue weighted by Crippen LogP contribution is -2.26. The molecule has 1 aromatic carbocycles. The van der Waals surface area contributed by atoms with Crippen LogP contribution in [0.1, 0.15) is 30.0 Å². The number of hydrogen-bond donors (Lipinski definition) is 2. The van der Waals surface area contributed by atoms with Gasteiger partial charge in [0.1, 0.15) is 5.82 Å². The second-order valence-electron chi connectivity index (χ2n) is 5.53. The third kappa shape index (κ3) is 4.07. The molecular formula is C16H17ClFN3OS. The summed E-state index contributed by atoms with van der Waals surface area (Å²) >= 11 is 7.34. The summed E-state index contributed by atoms with van der Waals surface area (Å²) in [6.07, 6.45) is 2.01. The molecule has 1 aliphatic heterocycles. The molecule has 1 aliphatic rings. The van der Waals surface area contributed by atoms with Crippen LogP contribution in [-0.4, -0.2) is 24.0 Å². The topological polar surface area (TPSA) is 54.0 Å². The Kier molecular flexibility index (Phi) is 5.25. The average molecular weight is 354 g/mol. The molecule has 0 saturated carbocycles. The monoisotopic (exact) mass is 353 g/mol. The van der Waals surface area contributed by atoms with Gasteiger partial charge in [-0.25, -0.2) is 9.37 Å². The molecule has 0 atom stereocenters. The molecule has 2 aromatic rings. The predicted octanol–water partition coefficient (Wildman–Crippen LogP) is 3.58. The molecule has 1 fully saturated rings. The van der Waals surface area contributed by atoms with Crippen molar-refractivity contribution in [3.05, 3.63) is 45.7 Å². The minimum absolute atomic E-state index is 0.103. The quantitative estimate of drug-likeness (QED) is 0.883. The van der Waals surface area contributed by atoms with Crippen molar-refractivity contribution in [1.29, 1.82) is 0 Å². The first kappa shape index (κ1) is 16.4. The maximum absolute atomic E-state index is 13.7. The van der Waals surface area contributed by atoms with Gasteiger partial charge in [-0.3, -0.25) is 4.79 Å². The lowest BCUT2D eigenvalue weighted by atomic mass is 9.96. The number of rotatable bonds is 4. The molecule has 122 valence electrons. The largest absolute Gasteiger partial charge is 0.317 e. The Labute approximate surface area is 143 Å². The number of nitrogens with one attached hydrogen (secondary N) is 2. The second kappa shape index (κ2) is 7.38. The minimum Gasteiger partial charge on any atom is -0.317 e. The van der Waals surface area contributed by atoms with Crippen LogP contribution < -0.4 is 10.6 Å². The first-order valence-corrected chi connectivity index (χ1v) is 8.78. The van der Waals surface area contributed by atoms with E-state index in [-0.39, 0.29) is 22.9 Å². The fraction of sp³-hybridized carbons (Fsp3) is 0.375. The van der Waals surface area contributed by atoms with E-state index in [1.54, 1.807) is 6.07 Å². The van der Waals surface area contributed by atoms with Crippen molar-refractivity contribution in [3.8, 4) is 0 Å². The summed E-state index contributed by atoms with van der Waals surface area (Å²) in [6.45, 7) is 1.99. The number of anilines is 1. The Morgan fingerprint density at radius 1 is 1.43 bits per heavy atom. The van der Waals surface area contributed by atoms with Crippen molar-refractivity contribution in [2.45, 2.75) is 25.2 Å². The van der Waals surface area contributed by atoms with Gasteiger partial charge in [-0.2, -0.15) is 0 Å². The summed E-state index contributed by atoms with van der Waals surface area (Å²) in [5.41, 5.74) is 1.23. The zero-order chi connectivity index (χ0) is 16.2. The Bertz CT molecular complexity index is 680. The molecule has 23 heavy (non-hydrogen) atoms. The fourth-order valence-corrected chi connectivity index (χ4v) is 3.71. The molecular weight excluding hydrogens is 337 g/mol. The fourth-order valence-electron chi connectivity index (χ4n) is 2.67. The summed E-state index contributed by atoms with van der Waals surface area (Å²) in [5.74, 6) is -0.343. The number of thiazole rings is 1. The van der Waals surface area contributed by atoms with E-state index >= 15 is 0 Å². The van der Waals surface area contributed by atoms with Crippen LogP contribution >= 0.6 is 22.9 Å². The van der Waals surface area contributed by atoms with Gasteiger partial charge in [0.2, 0.25) is 5.91 Å². The Morgan fingerprint density at radius 2 is 2.22 bits per heavy atom. The van der Waals surface area contributed by atoms with Gasteiger partial charge >= 0.3 is 0 Å². The van der Waals surface area contributed by atoms with Crippen molar-refractivity contribution in [2.24, 2.45) is 0 Å². The van der Waals surface area contributed by atoms with Crippen molar-refractivity contribution >= 4 is 34.0 Å². The summed E-state index contributed by atoms with van der Waals surface area (Å²) in [6, 6.07) is 4.39. The third-order valence-electron chi connectivity index (χ3n) is 3.92. The summed E-state index contributed by atoms with van der Waals surface area (Å²) in [5, 5.41) is 8.85. The van der Waals surface area contributed by atoms with Gasteiger partial charge in [-0.05, 0) is 38.1 Å². The summed E-state index contributed by atoms with van der Waals surface area (Å²) in [4.78, 5) is 16.6. The number of hydrogen-bond acceptors (Lipinski definition) is 4. The number of carbonyl (C=O) groups excluding carboxylic acids is 1. The molecule has 3 rings (SSSR count). The summed E-state index contributed by atoms with van der Waals surface area (Å²) < 4.78 is 13.7. The van der Waals surface area contributed by atoms with Crippen molar-refractivity contribution in [2.75, 3.05) is 18.4 Å². The van der Waals surface area contributed by atoms with E-state index in [0.717, 1.165) is 31.6 Å². The molecule has 2 heterocycles. The molecule has 0 spiro atoms. The van der Waals surface area contributed by atoms with E-state index in [9.17, 15) is 9.18 Å². The standard InChI is InChI=1S/C16H17ClFN3OS/c17-12-2-1-3-13(18)11(12)8-15(22)21-16-20-14(9-23-16)10-4-6-19-7-5-10/h1-3,9-10,19H,4-8H2,(H,20,21,22). The number of amides is 1. The zero-order valence-electron chi connectivity index (χ0n) is 12.4. The first-order valence-electron chi connectivity index (χ1n) is 7.52. The van der Waals surface area contributed by atoms with Crippen molar-refractivity contribution < 1.29 is 9.18 Å². The molecule has 2 N–H and O–H groups in total. The van der Waals surface area contributed by atoms with E-state index in [1.807, 2.05) is 5.38 Å². The molecule has 0 bridgehead atoms. The molecule has 0 unspecified atom stereocenters. The smallest absolute Gasteiger partial charge is 0.230 e. The van der Waals surface area contributed by atoms with E-state index < -0.39 is 5.82 Å². The predicted molar refractivity (Wildman–Crippen MR) is 90.7 cm³/mol. The van der Waals surface area contributed by atoms with Crippen LogP contribution in [-0.2, 0) is 11.2 Å². The number of carbonyl (C=O) groups is 1. The Morgan fingerprint density at radius 3 is 2.96 bits per heavy atom. The van der Waals surface area contributed by atoms with Crippen LogP contribution in [0, 0.1) is 5.82 Å². The number of aromatic nitrogens is 1. The SMILES string of the molecule is O=C(Cc1c(F)cccc1Cl)Nc1nc(C2CCNCC2)cs1. The Balaban J connectivity index is 1.63. The number of halogens is 2. The minimum atomic E-state index is -0.470. The first-order chi connectivity index (χ1) is 11.1. The number of nitrogens with zero attached hydrogens (tertiary/aromatic N) is 1. The normalized spacial score (nSPS) is 15.6. The zero-order valence-corrected chi connectivity index (χ0v) is 14.0. The molecule has 7 heteroatoms. The van der Waals surface area contributed by atoms with Gasteiger partial charge in [0.25, 0.3) is 0 Å². The van der Waals surface area contributed by atoms with E-state index in [1.165, 1.54) is 23.5 Å². The molecule has 4 nitrogen and oxygen atoms in total. The van der Waals surface area contributed by atoms with Crippen molar-refractivity contribution in [3.63, 3.8) is 0 Å². The lowest BCUT2D eigenvalue weighted by Gasteiger charge is -2.20. The average Bonchev–Trinajstić information content (AvgIpc) is 3.00. The summed E-state index contributed by atoms with van der Waals surface area (Å²) in [7, 11) is 0. The highest BCUT2D eigenvalue weighted by Gasteiger charge is 2.19. The van der Waals surface area contributed by atoms with Gasteiger partial charge < -0.3 is 10.6 Å². The maximum atomic E-state index is 13.7. The lowest BCUT2D eigenvalue weighted by molar-refractivity contribution is -0.115. The maximum Gasteiger partial charge on any atom is 0.230 e. The van der Waals surface area contributed by atoms with E-state index in [0.29, 0.717) is 11.0 Å². The van der Waals surface area contributed by atoms with Crippen LogP contribution in [0.4, 0.5) is 9.52 Å². The van der Waals surface area contributed by atoms with Crippen LogP contribution in [0.3, 0.4) is 0 Å². The van der Waals surface area contributed by atoms with Gasteiger partial charge in [0.15, 0.2) is 5.13 Å². The molecule has 0 aliphatic carbocycles. The number of piperidine rings is 1. The molecule has 1 saturated heterocycles. The molecule has 1 amide bonds.